The third-order valence-corrected chi connectivity index (χ3v) is 5.24. The van der Waals surface area contributed by atoms with Gasteiger partial charge in [0.1, 0.15) is 11.5 Å². The first-order valence-corrected chi connectivity index (χ1v) is 10.0. The van der Waals surface area contributed by atoms with Crippen molar-refractivity contribution in [1.82, 2.24) is 4.57 Å². The largest absolute Gasteiger partial charge is 0.497 e. The molecular formula is C20H21ClN2O4S. The van der Waals surface area contributed by atoms with E-state index in [1.807, 2.05) is 29.7 Å². The Kier molecular flexibility index (Phi) is 7.08. The number of halogens is 1. The molecule has 0 fully saturated rings. The van der Waals surface area contributed by atoms with Gasteiger partial charge in [0.2, 0.25) is 0 Å². The highest BCUT2D eigenvalue weighted by Gasteiger charge is 2.10. The zero-order chi connectivity index (χ0) is 19.9. The topological polar surface area (TPSA) is 62.1 Å². The molecule has 0 saturated carbocycles. The Labute approximate surface area is 171 Å². The Morgan fingerprint density at radius 2 is 1.93 bits per heavy atom. The van der Waals surface area contributed by atoms with Crippen molar-refractivity contribution in [1.29, 1.82) is 0 Å². The summed E-state index contributed by atoms with van der Waals surface area (Å²) in [6.45, 7) is 3.58. The van der Waals surface area contributed by atoms with E-state index in [0.717, 1.165) is 16.0 Å². The van der Waals surface area contributed by atoms with Gasteiger partial charge in [-0.1, -0.05) is 22.9 Å². The van der Waals surface area contributed by atoms with Crippen LogP contribution in [0, 0.1) is 0 Å². The normalized spacial score (nSPS) is 11.8. The summed E-state index contributed by atoms with van der Waals surface area (Å²) >= 11 is 7.28. The molecular weight excluding hydrogens is 400 g/mol. The molecule has 0 radical (unpaired) electrons. The third-order valence-electron chi connectivity index (χ3n) is 3.95. The zero-order valence-electron chi connectivity index (χ0n) is 15.7. The summed E-state index contributed by atoms with van der Waals surface area (Å²) < 4.78 is 19.2. The van der Waals surface area contributed by atoms with E-state index < -0.39 is 0 Å². The number of amides is 1. The molecule has 1 amide bonds. The Bertz CT molecular complexity index is 1010. The van der Waals surface area contributed by atoms with Gasteiger partial charge < -0.3 is 18.8 Å². The molecule has 0 unspecified atom stereocenters. The van der Waals surface area contributed by atoms with Gasteiger partial charge in [0.15, 0.2) is 11.4 Å². The third kappa shape index (κ3) is 5.13. The average molecular weight is 421 g/mol. The maximum Gasteiger partial charge on any atom is 0.286 e. The lowest BCUT2D eigenvalue weighted by atomic mass is 10.3. The maximum atomic E-state index is 12.4. The first-order chi connectivity index (χ1) is 13.6. The Morgan fingerprint density at radius 3 is 2.64 bits per heavy atom. The minimum absolute atomic E-state index is 0.148. The van der Waals surface area contributed by atoms with Gasteiger partial charge in [0.05, 0.1) is 23.9 Å². The van der Waals surface area contributed by atoms with Crippen LogP contribution >= 0.6 is 22.9 Å². The number of fused-ring (bicyclic) bond motifs is 1. The van der Waals surface area contributed by atoms with Crippen LogP contribution < -0.4 is 14.3 Å². The van der Waals surface area contributed by atoms with Gasteiger partial charge in [-0.05, 0) is 49.4 Å². The summed E-state index contributed by atoms with van der Waals surface area (Å²) in [6.07, 6.45) is 0. The van der Waals surface area contributed by atoms with Crippen LogP contribution in [0.25, 0.3) is 10.2 Å². The van der Waals surface area contributed by atoms with Crippen LogP contribution in [0.15, 0.2) is 47.5 Å². The molecule has 3 aromatic rings. The molecule has 0 bridgehead atoms. The SMILES string of the molecule is CCOCCn1c(=NC(=O)COc2ccc(Cl)cc2)sc2cc(OC)ccc21. The van der Waals surface area contributed by atoms with Crippen LogP contribution in [0.1, 0.15) is 6.92 Å². The molecule has 6 nitrogen and oxygen atoms in total. The summed E-state index contributed by atoms with van der Waals surface area (Å²) in [6, 6.07) is 12.6. The lowest BCUT2D eigenvalue weighted by Crippen LogP contribution is -2.21. The number of hydrogen-bond donors (Lipinski definition) is 0. The van der Waals surface area contributed by atoms with Crippen molar-refractivity contribution in [3.05, 3.63) is 52.3 Å². The second kappa shape index (κ2) is 9.73. The molecule has 0 aliphatic heterocycles. The van der Waals surface area contributed by atoms with Gasteiger partial charge >= 0.3 is 0 Å². The molecule has 1 heterocycles. The van der Waals surface area contributed by atoms with Gasteiger partial charge in [0.25, 0.3) is 5.91 Å². The molecule has 8 heteroatoms. The summed E-state index contributed by atoms with van der Waals surface area (Å²) in [5.41, 5.74) is 0.982. The summed E-state index contributed by atoms with van der Waals surface area (Å²) in [7, 11) is 1.63. The van der Waals surface area contributed by atoms with E-state index in [-0.39, 0.29) is 12.5 Å². The van der Waals surface area contributed by atoms with E-state index in [1.165, 1.54) is 11.3 Å². The van der Waals surface area contributed by atoms with Crippen molar-refractivity contribution in [2.75, 3.05) is 26.9 Å². The molecule has 0 aliphatic rings. The smallest absolute Gasteiger partial charge is 0.286 e. The standard InChI is InChI=1S/C20H21ClN2O4S/c1-3-26-11-10-23-17-9-8-16(25-2)12-18(17)28-20(23)22-19(24)13-27-15-6-4-14(21)5-7-15/h4-9,12H,3,10-11,13H2,1-2H3. The van der Waals surface area contributed by atoms with E-state index in [1.54, 1.807) is 31.4 Å². The number of methoxy groups -OCH3 is 1. The minimum atomic E-state index is -0.362. The van der Waals surface area contributed by atoms with Crippen LogP contribution in [0.3, 0.4) is 0 Å². The average Bonchev–Trinajstić information content (AvgIpc) is 3.04. The van der Waals surface area contributed by atoms with E-state index in [4.69, 9.17) is 25.8 Å². The summed E-state index contributed by atoms with van der Waals surface area (Å²) in [5.74, 6) is 0.964. The van der Waals surface area contributed by atoms with Crippen LogP contribution in [0.4, 0.5) is 0 Å². The molecule has 148 valence electrons. The fourth-order valence-corrected chi connectivity index (χ4v) is 3.82. The summed E-state index contributed by atoms with van der Waals surface area (Å²) in [4.78, 5) is 17.2. The molecule has 0 aliphatic carbocycles. The number of thiazole rings is 1. The second-order valence-electron chi connectivity index (χ2n) is 5.81. The van der Waals surface area contributed by atoms with Crippen LogP contribution in [-0.2, 0) is 16.1 Å². The zero-order valence-corrected chi connectivity index (χ0v) is 17.3. The van der Waals surface area contributed by atoms with Gasteiger partial charge in [-0.2, -0.15) is 4.99 Å². The number of rotatable bonds is 8. The fraction of sp³-hybridized carbons (Fsp3) is 0.300. The van der Waals surface area contributed by atoms with E-state index >= 15 is 0 Å². The van der Waals surface area contributed by atoms with Gasteiger partial charge in [-0.25, -0.2) is 0 Å². The van der Waals surface area contributed by atoms with Gasteiger partial charge in [-0.15, -0.1) is 0 Å². The predicted molar refractivity (Wildman–Crippen MR) is 110 cm³/mol. The lowest BCUT2D eigenvalue weighted by Gasteiger charge is -2.06. The quantitative estimate of drug-likeness (QED) is 0.518. The van der Waals surface area contributed by atoms with Crippen molar-refractivity contribution < 1.29 is 19.0 Å². The molecule has 0 N–H and O–H groups in total. The number of nitrogens with zero attached hydrogens (tertiary/aromatic N) is 2. The Morgan fingerprint density at radius 1 is 1.18 bits per heavy atom. The van der Waals surface area contributed by atoms with E-state index in [9.17, 15) is 4.79 Å². The van der Waals surface area contributed by atoms with Crippen LogP contribution in [0.5, 0.6) is 11.5 Å². The molecule has 0 atom stereocenters. The van der Waals surface area contributed by atoms with Crippen LogP contribution in [0.2, 0.25) is 5.02 Å². The molecule has 2 aromatic carbocycles. The number of benzene rings is 2. The van der Waals surface area contributed by atoms with Crippen molar-refractivity contribution in [3.8, 4) is 11.5 Å². The number of carbonyl (C=O) groups is 1. The Hall–Kier alpha value is -2.35. The first-order valence-electron chi connectivity index (χ1n) is 8.81. The molecule has 0 spiro atoms. The van der Waals surface area contributed by atoms with E-state index in [2.05, 4.69) is 4.99 Å². The maximum absolute atomic E-state index is 12.4. The predicted octanol–water partition coefficient (Wildman–Crippen LogP) is 3.91. The molecule has 3 rings (SSSR count). The first kappa shape index (κ1) is 20.4. The highest BCUT2D eigenvalue weighted by Crippen LogP contribution is 2.23. The van der Waals surface area contributed by atoms with Crippen molar-refractivity contribution in [2.24, 2.45) is 4.99 Å². The molecule has 1 aromatic heterocycles. The fourth-order valence-electron chi connectivity index (χ4n) is 2.60. The van der Waals surface area contributed by atoms with Crippen molar-refractivity contribution >= 4 is 39.1 Å². The lowest BCUT2D eigenvalue weighted by molar-refractivity contribution is -0.120. The van der Waals surface area contributed by atoms with Crippen molar-refractivity contribution in [3.63, 3.8) is 0 Å². The van der Waals surface area contributed by atoms with Crippen molar-refractivity contribution in [2.45, 2.75) is 13.5 Å². The van der Waals surface area contributed by atoms with Gasteiger partial charge in [0, 0.05) is 18.2 Å². The second-order valence-corrected chi connectivity index (χ2v) is 7.26. The Balaban J connectivity index is 1.84. The number of hydrogen-bond acceptors (Lipinski definition) is 5. The van der Waals surface area contributed by atoms with Gasteiger partial charge in [-0.3, -0.25) is 4.79 Å². The monoisotopic (exact) mass is 420 g/mol. The number of ether oxygens (including phenoxy) is 3. The minimum Gasteiger partial charge on any atom is -0.497 e. The van der Waals surface area contributed by atoms with E-state index in [0.29, 0.717) is 35.3 Å². The highest BCUT2D eigenvalue weighted by atomic mass is 35.5. The molecule has 28 heavy (non-hydrogen) atoms. The number of carbonyl (C=O) groups excluding carboxylic acids is 1. The highest BCUT2D eigenvalue weighted by molar-refractivity contribution is 7.16. The molecule has 0 saturated heterocycles. The summed E-state index contributed by atoms with van der Waals surface area (Å²) in [5, 5.41) is 0.611. The number of aromatic nitrogens is 1. The van der Waals surface area contributed by atoms with Crippen LogP contribution in [-0.4, -0.2) is 37.4 Å².